The zero-order chi connectivity index (χ0) is 11.8. The van der Waals surface area contributed by atoms with Gasteiger partial charge in [-0.15, -0.1) is 0 Å². The van der Waals surface area contributed by atoms with E-state index in [9.17, 15) is 4.79 Å². The molecule has 6 nitrogen and oxygen atoms in total. The molecule has 1 aromatic rings. The molecule has 0 radical (unpaired) electrons. The normalized spacial score (nSPS) is 9.88. The molecule has 0 aliphatic carbocycles. The monoisotopic (exact) mass is 224 g/mol. The fourth-order valence-electron chi connectivity index (χ4n) is 1.14. The van der Waals surface area contributed by atoms with Gasteiger partial charge in [0.05, 0.1) is 19.5 Å². The van der Waals surface area contributed by atoms with Crippen LogP contribution in [0.2, 0.25) is 0 Å². The maximum atomic E-state index is 11.2. The van der Waals surface area contributed by atoms with Gasteiger partial charge >= 0.3 is 5.97 Å². The maximum absolute atomic E-state index is 11.2. The molecule has 0 amide bonds. The van der Waals surface area contributed by atoms with Gasteiger partial charge in [0.2, 0.25) is 0 Å². The molecule has 0 spiro atoms. The van der Waals surface area contributed by atoms with Crippen molar-refractivity contribution < 1.29 is 9.53 Å². The van der Waals surface area contributed by atoms with Crippen LogP contribution in [0.25, 0.3) is 0 Å². The molecule has 0 aliphatic rings. The number of anilines is 1. The number of esters is 1. The van der Waals surface area contributed by atoms with Crippen molar-refractivity contribution in [3.8, 4) is 0 Å². The van der Waals surface area contributed by atoms with Crippen LogP contribution in [-0.2, 0) is 4.74 Å². The Hall–Kier alpha value is -1.69. The summed E-state index contributed by atoms with van der Waals surface area (Å²) in [6.07, 6.45) is 4.85. The quantitative estimate of drug-likeness (QED) is 0.537. The summed E-state index contributed by atoms with van der Waals surface area (Å²) in [5.41, 5.74) is 5.57. The molecule has 88 valence electrons. The number of hydrogen-bond acceptors (Lipinski definition) is 6. The van der Waals surface area contributed by atoms with Crippen molar-refractivity contribution in [2.24, 2.45) is 5.73 Å². The van der Waals surface area contributed by atoms with Gasteiger partial charge in [0.1, 0.15) is 5.82 Å². The van der Waals surface area contributed by atoms with Crippen LogP contribution in [0, 0.1) is 0 Å². The maximum Gasteiger partial charge on any atom is 0.358 e. The molecule has 0 fully saturated rings. The molecule has 0 bridgehead atoms. The molecule has 3 N–H and O–H groups in total. The van der Waals surface area contributed by atoms with Gasteiger partial charge in [0, 0.05) is 6.54 Å². The molecule has 6 heteroatoms. The van der Waals surface area contributed by atoms with E-state index < -0.39 is 5.97 Å². The standard InChI is InChI=1S/C10H16N4O2/c1-16-10(15)8-6-12-7-9(14-8)13-5-3-2-4-11/h6-7H,2-5,11H2,1H3,(H,13,14). The summed E-state index contributed by atoms with van der Waals surface area (Å²) in [6, 6.07) is 0. The van der Waals surface area contributed by atoms with Crippen LogP contribution in [0.4, 0.5) is 5.82 Å². The second-order valence-corrected chi connectivity index (χ2v) is 3.20. The van der Waals surface area contributed by atoms with E-state index in [1.165, 1.54) is 13.3 Å². The lowest BCUT2D eigenvalue weighted by Crippen LogP contribution is -2.10. The molecular weight excluding hydrogens is 208 g/mol. The van der Waals surface area contributed by atoms with Gasteiger partial charge in [-0.25, -0.2) is 9.78 Å². The molecule has 16 heavy (non-hydrogen) atoms. The van der Waals surface area contributed by atoms with E-state index in [4.69, 9.17) is 5.73 Å². The summed E-state index contributed by atoms with van der Waals surface area (Å²) < 4.78 is 4.55. The molecule has 0 saturated heterocycles. The van der Waals surface area contributed by atoms with Crippen molar-refractivity contribution in [1.82, 2.24) is 9.97 Å². The molecular formula is C10H16N4O2. The lowest BCUT2D eigenvalue weighted by Gasteiger charge is -2.05. The number of carbonyl (C=O) groups excluding carboxylic acids is 1. The fraction of sp³-hybridized carbons (Fsp3) is 0.500. The Labute approximate surface area is 94.2 Å². The lowest BCUT2D eigenvalue weighted by molar-refractivity contribution is 0.0593. The van der Waals surface area contributed by atoms with Crippen molar-refractivity contribution in [1.29, 1.82) is 0 Å². The average molecular weight is 224 g/mol. The van der Waals surface area contributed by atoms with Crippen LogP contribution < -0.4 is 11.1 Å². The Kier molecular flexibility index (Phi) is 5.21. The van der Waals surface area contributed by atoms with Crippen LogP contribution in [0.3, 0.4) is 0 Å². The first kappa shape index (κ1) is 12.4. The molecule has 0 unspecified atom stereocenters. The topological polar surface area (TPSA) is 90.1 Å². The van der Waals surface area contributed by atoms with E-state index >= 15 is 0 Å². The highest BCUT2D eigenvalue weighted by Gasteiger charge is 2.07. The molecule has 0 saturated carbocycles. The minimum absolute atomic E-state index is 0.200. The van der Waals surface area contributed by atoms with Crippen LogP contribution in [0.1, 0.15) is 23.3 Å². The van der Waals surface area contributed by atoms with Crippen molar-refractivity contribution in [3.63, 3.8) is 0 Å². The van der Waals surface area contributed by atoms with E-state index in [1.807, 2.05) is 0 Å². The Morgan fingerprint density at radius 3 is 3.00 bits per heavy atom. The summed E-state index contributed by atoms with van der Waals surface area (Å²) in [5.74, 6) is 0.0815. The number of nitrogens with one attached hydrogen (secondary N) is 1. The Bertz CT molecular complexity index is 343. The van der Waals surface area contributed by atoms with E-state index in [-0.39, 0.29) is 5.69 Å². The van der Waals surface area contributed by atoms with Gasteiger partial charge in [-0.3, -0.25) is 4.98 Å². The van der Waals surface area contributed by atoms with Crippen LogP contribution in [0.15, 0.2) is 12.4 Å². The average Bonchev–Trinajstić information content (AvgIpc) is 2.34. The molecule has 1 heterocycles. The van der Waals surface area contributed by atoms with Crippen molar-refractivity contribution in [2.45, 2.75) is 12.8 Å². The third kappa shape index (κ3) is 3.82. The Morgan fingerprint density at radius 2 is 2.31 bits per heavy atom. The van der Waals surface area contributed by atoms with Gasteiger partial charge in [-0.2, -0.15) is 0 Å². The second-order valence-electron chi connectivity index (χ2n) is 3.20. The Balaban J connectivity index is 2.50. The number of hydrogen-bond donors (Lipinski definition) is 2. The molecule has 0 aromatic carbocycles. The second kappa shape index (κ2) is 6.73. The number of aromatic nitrogens is 2. The Morgan fingerprint density at radius 1 is 1.50 bits per heavy atom. The zero-order valence-corrected chi connectivity index (χ0v) is 9.27. The van der Waals surface area contributed by atoms with Gasteiger partial charge in [0.25, 0.3) is 0 Å². The minimum Gasteiger partial charge on any atom is -0.464 e. The largest absolute Gasteiger partial charge is 0.464 e. The predicted molar refractivity (Wildman–Crippen MR) is 60.1 cm³/mol. The number of carbonyl (C=O) groups is 1. The van der Waals surface area contributed by atoms with E-state index in [2.05, 4.69) is 20.0 Å². The number of unbranched alkanes of at least 4 members (excludes halogenated alkanes) is 1. The van der Waals surface area contributed by atoms with E-state index in [0.29, 0.717) is 12.4 Å². The highest BCUT2D eigenvalue weighted by molar-refractivity contribution is 5.87. The number of rotatable bonds is 6. The van der Waals surface area contributed by atoms with Gasteiger partial charge in [0.15, 0.2) is 5.69 Å². The molecule has 1 rings (SSSR count). The van der Waals surface area contributed by atoms with Crippen LogP contribution >= 0.6 is 0 Å². The number of nitrogens with zero attached hydrogens (tertiary/aromatic N) is 2. The minimum atomic E-state index is -0.488. The fourth-order valence-corrected chi connectivity index (χ4v) is 1.14. The summed E-state index contributed by atoms with van der Waals surface area (Å²) in [5, 5.41) is 3.06. The zero-order valence-electron chi connectivity index (χ0n) is 9.27. The molecule has 1 aromatic heterocycles. The smallest absolute Gasteiger partial charge is 0.358 e. The third-order valence-electron chi connectivity index (χ3n) is 1.97. The number of methoxy groups -OCH3 is 1. The van der Waals surface area contributed by atoms with Crippen molar-refractivity contribution in [3.05, 3.63) is 18.1 Å². The first-order valence-electron chi connectivity index (χ1n) is 5.12. The summed E-state index contributed by atoms with van der Waals surface area (Å²) in [7, 11) is 1.31. The highest BCUT2D eigenvalue weighted by Crippen LogP contribution is 2.03. The molecule has 0 atom stereocenters. The van der Waals surface area contributed by atoms with E-state index in [1.54, 1.807) is 6.20 Å². The lowest BCUT2D eigenvalue weighted by atomic mass is 10.3. The number of ether oxygens (including phenoxy) is 1. The highest BCUT2D eigenvalue weighted by atomic mass is 16.5. The van der Waals surface area contributed by atoms with Crippen LogP contribution in [0.5, 0.6) is 0 Å². The summed E-state index contributed by atoms with van der Waals surface area (Å²) >= 11 is 0. The number of nitrogens with two attached hydrogens (primary N) is 1. The first-order chi connectivity index (χ1) is 7.77. The van der Waals surface area contributed by atoms with Crippen molar-refractivity contribution >= 4 is 11.8 Å². The third-order valence-corrected chi connectivity index (χ3v) is 1.97. The summed E-state index contributed by atoms with van der Waals surface area (Å²) in [6.45, 7) is 1.44. The van der Waals surface area contributed by atoms with Gasteiger partial charge < -0.3 is 15.8 Å². The first-order valence-corrected chi connectivity index (χ1v) is 5.12. The van der Waals surface area contributed by atoms with Gasteiger partial charge in [-0.05, 0) is 19.4 Å². The van der Waals surface area contributed by atoms with Gasteiger partial charge in [-0.1, -0.05) is 0 Å². The van der Waals surface area contributed by atoms with Crippen LogP contribution in [-0.4, -0.2) is 36.1 Å². The van der Waals surface area contributed by atoms with E-state index in [0.717, 1.165) is 19.4 Å². The summed E-state index contributed by atoms with van der Waals surface area (Å²) in [4.78, 5) is 19.1. The van der Waals surface area contributed by atoms with Crippen molar-refractivity contribution in [2.75, 3.05) is 25.5 Å². The predicted octanol–water partition coefficient (Wildman–Crippen LogP) is 0.414. The SMILES string of the molecule is COC(=O)c1cncc(NCCCCN)n1. The molecule has 0 aliphatic heterocycles.